The van der Waals surface area contributed by atoms with Crippen molar-refractivity contribution in [3.05, 3.63) is 60.3 Å². The molecule has 1 atom stereocenters. The Labute approximate surface area is 198 Å². The molecule has 0 saturated heterocycles. The van der Waals surface area contributed by atoms with Crippen LogP contribution in [0.5, 0.6) is 5.75 Å². The van der Waals surface area contributed by atoms with Crippen LogP contribution in [-0.2, 0) is 20.7 Å². The van der Waals surface area contributed by atoms with Gasteiger partial charge in [-0.05, 0) is 50.3 Å². The van der Waals surface area contributed by atoms with Gasteiger partial charge in [0.05, 0.1) is 24.4 Å². The summed E-state index contributed by atoms with van der Waals surface area (Å²) in [4.78, 5) is 27.8. The summed E-state index contributed by atoms with van der Waals surface area (Å²) >= 11 is 0. The molecule has 0 spiro atoms. The highest BCUT2D eigenvalue weighted by molar-refractivity contribution is 5.74. The van der Waals surface area contributed by atoms with E-state index >= 15 is 0 Å². The number of benzene rings is 1. The molecule has 0 radical (unpaired) electrons. The third kappa shape index (κ3) is 10.5. The molecule has 1 unspecified atom stereocenters. The number of carbonyl (C=O) groups is 2. The van der Waals surface area contributed by atoms with E-state index in [1.165, 1.54) is 31.2 Å². The van der Waals surface area contributed by atoms with E-state index in [0.717, 1.165) is 30.5 Å². The molecule has 0 bridgehead atoms. The van der Waals surface area contributed by atoms with Crippen molar-refractivity contribution in [2.24, 2.45) is 0 Å². The van der Waals surface area contributed by atoms with Gasteiger partial charge in [0.15, 0.2) is 0 Å². The van der Waals surface area contributed by atoms with Crippen LogP contribution < -0.4 is 4.74 Å². The SMILES string of the molecule is CCCCCC/C=C\CC(=O)Oc1ccc(-c2ccc(CCC(C)OC(=O)CC)cc2)nc1. The van der Waals surface area contributed by atoms with Crippen LogP contribution in [-0.4, -0.2) is 23.0 Å². The zero-order valence-electron chi connectivity index (χ0n) is 20.2. The third-order valence-corrected chi connectivity index (χ3v) is 5.35. The van der Waals surface area contributed by atoms with E-state index in [4.69, 9.17) is 9.47 Å². The maximum atomic E-state index is 12.0. The van der Waals surface area contributed by atoms with Crippen LogP contribution >= 0.6 is 0 Å². The molecule has 5 heteroatoms. The molecule has 0 aliphatic rings. The number of pyridine rings is 1. The van der Waals surface area contributed by atoms with Gasteiger partial charge in [-0.3, -0.25) is 14.6 Å². The molecule has 5 nitrogen and oxygen atoms in total. The highest BCUT2D eigenvalue weighted by atomic mass is 16.5. The number of carbonyl (C=O) groups excluding carboxylic acids is 2. The molecule has 0 saturated carbocycles. The lowest BCUT2D eigenvalue weighted by atomic mass is 10.0. The number of ether oxygens (including phenoxy) is 2. The topological polar surface area (TPSA) is 65.5 Å². The largest absolute Gasteiger partial charge is 0.463 e. The Balaban J connectivity index is 1.78. The first-order chi connectivity index (χ1) is 16.0. The summed E-state index contributed by atoms with van der Waals surface area (Å²) < 4.78 is 10.7. The van der Waals surface area contributed by atoms with Crippen molar-refractivity contribution in [2.75, 3.05) is 0 Å². The van der Waals surface area contributed by atoms with Crippen LogP contribution in [0.15, 0.2) is 54.7 Å². The Bertz CT molecular complexity index is 872. The summed E-state index contributed by atoms with van der Waals surface area (Å²) in [6.07, 6.45) is 13.6. The van der Waals surface area contributed by atoms with Gasteiger partial charge in [-0.25, -0.2) is 0 Å². The Hall–Kier alpha value is -2.95. The number of aryl methyl sites for hydroxylation is 1. The smallest absolute Gasteiger partial charge is 0.315 e. The van der Waals surface area contributed by atoms with Crippen molar-refractivity contribution in [3.8, 4) is 17.0 Å². The lowest BCUT2D eigenvalue weighted by molar-refractivity contribution is -0.148. The van der Waals surface area contributed by atoms with Gasteiger partial charge in [0.2, 0.25) is 0 Å². The Morgan fingerprint density at radius 3 is 2.42 bits per heavy atom. The van der Waals surface area contributed by atoms with E-state index in [2.05, 4.69) is 30.1 Å². The van der Waals surface area contributed by atoms with Gasteiger partial charge in [-0.2, -0.15) is 0 Å². The number of esters is 2. The molecular formula is C28H37NO4. The minimum absolute atomic E-state index is 0.0877. The molecule has 0 aliphatic carbocycles. The van der Waals surface area contributed by atoms with Crippen LogP contribution in [0.25, 0.3) is 11.3 Å². The second-order valence-electron chi connectivity index (χ2n) is 8.27. The van der Waals surface area contributed by atoms with E-state index in [1.54, 1.807) is 19.2 Å². The van der Waals surface area contributed by atoms with Gasteiger partial charge in [0, 0.05) is 12.0 Å². The van der Waals surface area contributed by atoms with Gasteiger partial charge in [-0.1, -0.05) is 69.5 Å². The first-order valence-electron chi connectivity index (χ1n) is 12.1. The lowest BCUT2D eigenvalue weighted by Crippen LogP contribution is -2.14. The quantitative estimate of drug-likeness (QED) is 0.179. The first kappa shape index (κ1) is 26.3. The molecule has 2 rings (SSSR count). The van der Waals surface area contributed by atoms with E-state index < -0.39 is 0 Å². The number of unbranched alkanes of at least 4 members (excludes halogenated alkanes) is 4. The van der Waals surface area contributed by atoms with Crippen LogP contribution in [0, 0.1) is 0 Å². The summed E-state index contributed by atoms with van der Waals surface area (Å²) in [5, 5.41) is 0. The zero-order valence-corrected chi connectivity index (χ0v) is 20.2. The lowest BCUT2D eigenvalue weighted by Gasteiger charge is -2.12. The van der Waals surface area contributed by atoms with Gasteiger partial charge in [0.1, 0.15) is 5.75 Å². The highest BCUT2D eigenvalue weighted by Gasteiger charge is 2.08. The van der Waals surface area contributed by atoms with Crippen LogP contribution in [0.3, 0.4) is 0 Å². The minimum atomic E-state index is -0.280. The van der Waals surface area contributed by atoms with Gasteiger partial charge in [-0.15, -0.1) is 0 Å². The van der Waals surface area contributed by atoms with Crippen molar-refractivity contribution < 1.29 is 19.1 Å². The van der Waals surface area contributed by atoms with Crippen molar-refractivity contribution in [1.29, 1.82) is 0 Å². The second kappa shape index (κ2) is 15.0. The standard InChI is InChI=1S/C28H37NO4/c1-4-6-7-8-9-10-11-12-28(31)33-25-19-20-26(29-21-25)24-17-15-23(16-18-24)14-13-22(3)32-27(30)5-2/h10-11,15-22H,4-9,12-14H2,1-3H3/b11-10-. The van der Waals surface area contributed by atoms with Crippen LogP contribution in [0.4, 0.5) is 0 Å². The zero-order chi connectivity index (χ0) is 23.9. The average molecular weight is 452 g/mol. The Morgan fingerprint density at radius 1 is 0.970 bits per heavy atom. The summed E-state index contributed by atoms with van der Waals surface area (Å²) in [6, 6.07) is 11.8. The van der Waals surface area contributed by atoms with Crippen molar-refractivity contribution in [2.45, 2.75) is 84.7 Å². The number of nitrogens with zero attached hydrogens (tertiary/aromatic N) is 1. The fourth-order valence-corrected chi connectivity index (χ4v) is 3.35. The molecule has 178 valence electrons. The molecule has 0 amide bonds. The maximum absolute atomic E-state index is 12.0. The van der Waals surface area contributed by atoms with Crippen molar-refractivity contribution >= 4 is 11.9 Å². The van der Waals surface area contributed by atoms with Crippen LogP contribution in [0.2, 0.25) is 0 Å². The molecular weight excluding hydrogens is 414 g/mol. The molecule has 2 aromatic rings. The third-order valence-electron chi connectivity index (χ3n) is 5.35. The number of aromatic nitrogens is 1. The summed E-state index contributed by atoms with van der Waals surface area (Å²) in [5.41, 5.74) is 2.99. The predicted octanol–water partition coefficient (Wildman–Crippen LogP) is 6.85. The molecule has 0 fully saturated rings. The molecule has 1 aromatic carbocycles. The maximum Gasteiger partial charge on any atom is 0.315 e. The van der Waals surface area contributed by atoms with Crippen molar-refractivity contribution in [1.82, 2.24) is 4.98 Å². The summed E-state index contributed by atoms with van der Waals surface area (Å²) in [7, 11) is 0. The monoisotopic (exact) mass is 451 g/mol. The molecule has 33 heavy (non-hydrogen) atoms. The Kier molecular flexibility index (Phi) is 11.9. The second-order valence-corrected chi connectivity index (χ2v) is 8.27. The fourth-order valence-electron chi connectivity index (χ4n) is 3.35. The molecule has 1 heterocycles. The van der Waals surface area contributed by atoms with E-state index in [-0.39, 0.29) is 24.5 Å². The van der Waals surface area contributed by atoms with Crippen LogP contribution in [0.1, 0.15) is 77.7 Å². The van der Waals surface area contributed by atoms with E-state index in [9.17, 15) is 9.59 Å². The fraction of sp³-hybridized carbons (Fsp3) is 0.464. The molecule has 0 aliphatic heterocycles. The van der Waals surface area contributed by atoms with Crippen molar-refractivity contribution in [3.63, 3.8) is 0 Å². The van der Waals surface area contributed by atoms with Gasteiger partial charge in [0.25, 0.3) is 0 Å². The van der Waals surface area contributed by atoms with Gasteiger partial charge >= 0.3 is 11.9 Å². The summed E-state index contributed by atoms with van der Waals surface area (Å²) in [5.74, 6) is 0.0113. The predicted molar refractivity (Wildman–Crippen MR) is 132 cm³/mol. The average Bonchev–Trinajstić information content (AvgIpc) is 2.83. The normalized spacial score (nSPS) is 12.0. The van der Waals surface area contributed by atoms with E-state index in [0.29, 0.717) is 12.2 Å². The summed E-state index contributed by atoms with van der Waals surface area (Å²) in [6.45, 7) is 5.92. The number of rotatable bonds is 14. The highest BCUT2D eigenvalue weighted by Crippen LogP contribution is 2.21. The Morgan fingerprint density at radius 2 is 1.76 bits per heavy atom. The molecule has 1 aromatic heterocycles. The molecule has 0 N–H and O–H groups in total. The number of hydrogen-bond acceptors (Lipinski definition) is 5. The van der Waals surface area contributed by atoms with E-state index in [1.807, 2.05) is 31.2 Å². The number of hydrogen-bond donors (Lipinski definition) is 0. The first-order valence-corrected chi connectivity index (χ1v) is 12.1. The van der Waals surface area contributed by atoms with Gasteiger partial charge < -0.3 is 9.47 Å². The minimum Gasteiger partial charge on any atom is -0.463 e. The number of allylic oxidation sites excluding steroid dienone is 1.